The summed E-state index contributed by atoms with van der Waals surface area (Å²) in [5.74, 6) is 3.49. The first-order valence-corrected chi connectivity index (χ1v) is 8.50. The van der Waals surface area contributed by atoms with Gasteiger partial charge in [0.05, 0.1) is 0 Å². The van der Waals surface area contributed by atoms with E-state index in [0.717, 1.165) is 29.7 Å². The lowest BCUT2D eigenvalue weighted by Gasteiger charge is -2.45. The van der Waals surface area contributed by atoms with E-state index in [-0.39, 0.29) is 0 Å². The van der Waals surface area contributed by atoms with Crippen molar-refractivity contribution in [3.8, 4) is 0 Å². The SMILES string of the molecule is CCC(C)C1CN(CC(C)C2CC2)C(C(C)C)CN1. The zero-order chi connectivity index (χ0) is 14.0. The molecule has 2 fully saturated rings. The molecule has 1 saturated carbocycles. The van der Waals surface area contributed by atoms with Gasteiger partial charge in [-0.3, -0.25) is 4.90 Å². The van der Waals surface area contributed by atoms with Gasteiger partial charge in [0.15, 0.2) is 0 Å². The zero-order valence-corrected chi connectivity index (χ0v) is 13.7. The molecule has 4 atom stereocenters. The quantitative estimate of drug-likeness (QED) is 0.793. The molecule has 0 aromatic rings. The smallest absolute Gasteiger partial charge is 0.0244 e. The Morgan fingerprint density at radius 3 is 2.32 bits per heavy atom. The molecule has 0 bridgehead atoms. The summed E-state index contributed by atoms with van der Waals surface area (Å²) in [5.41, 5.74) is 0. The van der Waals surface area contributed by atoms with Crippen LogP contribution in [0.4, 0.5) is 0 Å². The zero-order valence-electron chi connectivity index (χ0n) is 13.7. The van der Waals surface area contributed by atoms with Crippen molar-refractivity contribution in [1.82, 2.24) is 10.2 Å². The number of piperazine rings is 1. The summed E-state index contributed by atoms with van der Waals surface area (Å²) in [4.78, 5) is 2.81. The number of nitrogens with zero attached hydrogens (tertiary/aromatic N) is 1. The highest BCUT2D eigenvalue weighted by Crippen LogP contribution is 2.37. The first-order valence-electron chi connectivity index (χ1n) is 8.50. The summed E-state index contributed by atoms with van der Waals surface area (Å²) in [6.45, 7) is 15.7. The first kappa shape index (κ1) is 15.3. The van der Waals surface area contributed by atoms with E-state index in [0.29, 0.717) is 6.04 Å². The summed E-state index contributed by atoms with van der Waals surface area (Å²) in [7, 11) is 0. The van der Waals surface area contributed by atoms with Gasteiger partial charge in [-0.25, -0.2) is 0 Å². The van der Waals surface area contributed by atoms with Crippen LogP contribution in [0.15, 0.2) is 0 Å². The number of nitrogens with one attached hydrogen (secondary N) is 1. The maximum atomic E-state index is 3.81. The highest BCUT2D eigenvalue weighted by atomic mass is 15.2. The maximum absolute atomic E-state index is 3.81. The van der Waals surface area contributed by atoms with E-state index in [4.69, 9.17) is 0 Å². The van der Waals surface area contributed by atoms with Gasteiger partial charge >= 0.3 is 0 Å². The lowest BCUT2D eigenvalue weighted by atomic mass is 9.91. The second-order valence-corrected chi connectivity index (χ2v) is 7.48. The lowest BCUT2D eigenvalue weighted by molar-refractivity contribution is 0.0664. The van der Waals surface area contributed by atoms with Gasteiger partial charge in [0.25, 0.3) is 0 Å². The van der Waals surface area contributed by atoms with E-state index in [1.807, 2.05) is 0 Å². The Morgan fingerprint density at radius 2 is 1.79 bits per heavy atom. The molecule has 112 valence electrons. The third-order valence-corrected chi connectivity index (χ3v) is 5.54. The molecule has 19 heavy (non-hydrogen) atoms. The molecule has 1 heterocycles. The second-order valence-electron chi connectivity index (χ2n) is 7.48. The van der Waals surface area contributed by atoms with Crippen molar-refractivity contribution < 1.29 is 0 Å². The van der Waals surface area contributed by atoms with E-state index in [9.17, 15) is 0 Å². The monoisotopic (exact) mass is 266 g/mol. The molecule has 1 N–H and O–H groups in total. The number of rotatable bonds is 6. The van der Waals surface area contributed by atoms with Crippen molar-refractivity contribution in [3.63, 3.8) is 0 Å². The topological polar surface area (TPSA) is 15.3 Å². The average Bonchev–Trinajstić information content (AvgIpc) is 3.21. The summed E-state index contributed by atoms with van der Waals surface area (Å²) >= 11 is 0. The molecule has 1 aliphatic heterocycles. The van der Waals surface area contributed by atoms with Gasteiger partial charge in [-0.15, -0.1) is 0 Å². The third kappa shape index (κ3) is 3.95. The van der Waals surface area contributed by atoms with Crippen LogP contribution in [0.25, 0.3) is 0 Å². The van der Waals surface area contributed by atoms with Crippen molar-refractivity contribution in [2.75, 3.05) is 19.6 Å². The molecule has 1 saturated heterocycles. The first-order chi connectivity index (χ1) is 9.02. The van der Waals surface area contributed by atoms with Crippen LogP contribution < -0.4 is 5.32 Å². The highest BCUT2D eigenvalue weighted by Gasteiger charge is 2.35. The Kier molecular flexibility index (Phi) is 5.30. The van der Waals surface area contributed by atoms with Crippen LogP contribution in [-0.2, 0) is 0 Å². The summed E-state index contributed by atoms with van der Waals surface area (Å²) in [6, 6.07) is 1.44. The molecule has 1 aliphatic carbocycles. The van der Waals surface area contributed by atoms with Crippen LogP contribution in [-0.4, -0.2) is 36.6 Å². The molecule has 0 aromatic carbocycles. The fourth-order valence-corrected chi connectivity index (χ4v) is 3.57. The van der Waals surface area contributed by atoms with E-state index in [1.54, 1.807) is 0 Å². The van der Waals surface area contributed by atoms with E-state index >= 15 is 0 Å². The molecule has 2 rings (SSSR count). The van der Waals surface area contributed by atoms with Gasteiger partial charge in [-0.1, -0.05) is 41.0 Å². The molecule has 0 aromatic heterocycles. The Bertz CT molecular complexity index is 272. The van der Waals surface area contributed by atoms with Crippen molar-refractivity contribution in [2.45, 2.75) is 66.0 Å². The Labute approximate surface area is 120 Å². The van der Waals surface area contributed by atoms with E-state index in [1.165, 1.54) is 38.9 Å². The third-order valence-electron chi connectivity index (χ3n) is 5.54. The minimum absolute atomic E-state index is 0.700. The van der Waals surface area contributed by atoms with Crippen molar-refractivity contribution in [3.05, 3.63) is 0 Å². The van der Waals surface area contributed by atoms with Gasteiger partial charge in [-0.05, 0) is 36.5 Å². The molecular weight excluding hydrogens is 232 g/mol. The van der Waals surface area contributed by atoms with Crippen molar-refractivity contribution >= 4 is 0 Å². The number of hydrogen-bond acceptors (Lipinski definition) is 2. The molecule has 2 aliphatic rings. The van der Waals surface area contributed by atoms with Crippen LogP contribution in [0.1, 0.15) is 53.9 Å². The summed E-state index contributed by atoms with van der Waals surface area (Å²) in [5, 5.41) is 3.81. The van der Waals surface area contributed by atoms with Gasteiger partial charge < -0.3 is 5.32 Å². The van der Waals surface area contributed by atoms with Gasteiger partial charge in [0.2, 0.25) is 0 Å². The molecule has 4 unspecified atom stereocenters. The largest absolute Gasteiger partial charge is 0.311 e. The minimum Gasteiger partial charge on any atom is -0.311 e. The Morgan fingerprint density at radius 1 is 1.11 bits per heavy atom. The van der Waals surface area contributed by atoms with Crippen LogP contribution >= 0.6 is 0 Å². The molecule has 2 nitrogen and oxygen atoms in total. The molecule has 2 heteroatoms. The lowest BCUT2D eigenvalue weighted by Crippen LogP contribution is -2.60. The van der Waals surface area contributed by atoms with Gasteiger partial charge in [0.1, 0.15) is 0 Å². The fourth-order valence-electron chi connectivity index (χ4n) is 3.57. The summed E-state index contributed by atoms with van der Waals surface area (Å²) < 4.78 is 0. The van der Waals surface area contributed by atoms with Crippen LogP contribution in [0, 0.1) is 23.7 Å². The van der Waals surface area contributed by atoms with E-state index in [2.05, 4.69) is 44.8 Å². The predicted octanol–water partition coefficient (Wildman–Crippen LogP) is 3.38. The molecule has 0 radical (unpaired) electrons. The van der Waals surface area contributed by atoms with Crippen LogP contribution in [0.2, 0.25) is 0 Å². The van der Waals surface area contributed by atoms with Crippen molar-refractivity contribution in [1.29, 1.82) is 0 Å². The molecular formula is C17H34N2. The standard InChI is InChI=1S/C17H34N2/c1-6-13(4)16-11-19(10-14(5)15-7-8-15)17(9-18-16)12(2)3/h12-18H,6-11H2,1-5H3. The highest BCUT2D eigenvalue weighted by molar-refractivity contribution is 4.91. The summed E-state index contributed by atoms with van der Waals surface area (Å²) in [6.07, 6.45) is 4.25. The Hall–Kier alpha value is -0.0800. The predicted molar refractivity (Wildman–Crippen MR) is 83.3 cm³/mol. The average molecular weight is 266 g/mol. The fraction of sp³-hybridized carbons (Fsp3) is 1.00. The molecule has 0 amide bonds. The maximum Gasteiger partial charge on any atom is 0.0244 e. The van der Waals surface area contributed by atoms with Crippen molar-refractivity contribution in [2.24, 2.45) is 23.7 Å². The van der Waals surface area contributed by atoms with Crippen LogP contribution in [0.5, 0.6) is 0 Å². The number of hydrogen-bond donors (Lipinski definition) is 1. The normalized spacial score (nSPS) is 32.5. The molecule has 0 spiro atoms. The van der Waals surface area contributed by atoms with Gasteiger partial charge in [-0.2, -0.15) is 0 Å². The second kappa shape index (κ2) is 6.58. The van der Waals surface area contributed by atoms with E-state index < -0.39 is 0 Å². The van der Waals surface area contributed by atoms with Crippen LogP contribution in [0.3, 0.4) is 0 Å². The Balaban J connectivity index is 1.95. The van der Waals surface area contributed by atoms with Gasteiger partial charge in [0, 0.05) is 31.7 Å². The minimum atomic E-state index is 0.700.